The maximum Gasteiger partial charge on any atom is 0.254 e. The zero-order chi connectivity index (χ0) is 27.2. The largest absolute Gasteiger partial charge is 0.378 e. The molecule has 38 heavy (non-hydrogen) atoms. The zero-order valence-electron chi connectivity index (χ0n) is 24.5. The standard InChI is InChI=1S/C29H51N7O2/c1-28(2)22-29(3,4)26(28)33-25(37)23-20-31-27(32-21-23)36-13-8-24(9-14-36)38-19-7-12-35-17-15-34(16-18-35)11-6-10-30-5/h20-21,24,26,30H,6-19,22H2,1-5H3,(H,33,37). The number of nitrogens with one attached hydrogen (secondary N) is 2. The summed E-state index contributed by atoms with van der Waals surface area (Å²) in [5, 5.41) is 6.45. The van der Waals surface area contributed by atoms with E-state index in [9.17, 15) is 4.79 Å². The highest BCUT2D eigenvalue weighted by Gasteiger charge is 2.53. The monoisotopic (exact) mass is 529 g/mol. The molecule has 0 bridgehead atoms. The summed E-state index contributed by atoms with van der Waals surface area (Å²) in [7, 11) is 2.02. The second-order valence-electron chi connectivity index (χ2n) is 12.9. The number of aromatic nitrogens is 2. The third-order valence-electron chi connectivity index (χ3n) is 8.71. The van der Waals surface area contributed by atoms with E-state index >= 15 is 0 Å². The first-order chi connectivity index (χ1) is 18.2. The Morgan fingerprint density at radius 2 is 1.53 bits per heavy atom. The highest BCUT2D eigenvalue weighted by atomic mass is 16.5. The number of piperazine rings is 1. The topological polar surface area (TPSA) is 85.9 Å². The first-order valence-electron chi connectivity index (χ1n) is 14.8. The van der Waals surface area contributed by atoms with Crippen LogP contribution in [-0.4, -0.2) is 110 Å². The van der Waals surface area contributed by atoms with Crippen LogP contribution in [0.15, 0.2) is 12.4 Å². The molecule has 2 saturated heterocycles. The van der Waals surface area contributed by atoms with E-state index < -0.39 is 0 Å². The predicted octanol–water partition coefficient (Wildman–Crippen LogP) is 2.63. The van der Waals surface area contributed by atoms with E-state index in [1.54, 1.807) is 12.4 Å². The van der Waals surface area contributed by atoms with Gasteiger partial charge < -0.3 is 30.1 Å². The quantitative estimate of drug-likeness (QED) is 0.400. The number of ether oxygens (including phenoxy) is 1. The van der Waals surface area contributed by atoms with Crippen LogP contribution in [0.25, 0.3) is 0 Å². The number of piperidine rings is 1. The summed E-state index contributed by atoms with van der Waals surface area (Å²) in [4.78, 5) is 29.2. The molecule has 1 saturated carbocycles. The van der Waals surface area contributed by atoms with Gasteiger partial charge in [0.25, 0.3) is 5.91 Å². The highest BCUT2D eigenvalue weighted by Crippen LogP contribution is 2.53. The molecule has 0 spiro atoms. The van der Waals surface area contributed by atoms with E-state index in [-0.39, 0.29) is 22.8 Å². The van der Waals surface area contributed by atoms with Crippen molar-refractivity contribution in [3.63, 3.8) is 0 Å². The Morgan fingerprint density at radius 1 is 0.947 bits per heavy atom. The predicted molar refractivity (Wildman–Crippen MR) is 153 cm³/mol. The number of carbonyl (C=O) groups excluding carboxylic acids is 1. The number of hydrogen-bond acceptors (Lipinski definition) is 8. The lowest BCUT2D eigenvalue weighted by Crippen LogP contribution is -2.63. The first kappa shape index (κ1) is 29.2. The van der Waals surface area contributed by atoms with Crippen LogP contribution in [0, 0.1) is 10.8 Å². The molecule has 9 heteroatoms. The SMILES string of the molecule is CNCCCN1CCN(CCCOC2CCN(c3ncc(C(=O)NC4C(C)(C)CC4(C)C)cn3)CC2)CC1. The molecule has 2 aliphatic heterocycles. The van der Waals surface area contributed by atoms with E-state index in [0.717, 1.165) is 58.5 Å². The molecule has 1 aromatic rings. The molecule has 0 aromatic carbocycles. The van der Waals surface area contributed by atoms with Gasteiger partial charge in [-0.2, -0.15) is 0 Å². The molecular weight excluding hydrogens is 478 g/mol. The van der Waals surface area contributed by atoms with Crippen molar-refractivity contribution in [3.8, 4) is 0 Å². The first-order valence-corrected chi connectivity index (χ1v) is 14.8. The van der Waals surface area contributed by atoms with Gasteiger partial charge in [0.1, 0.15) is 0 Å². The molecular formula is C29H51N7O2. The molecule has 1 amide bonds. The zero-order valence-corrected chi connectivity index (χ0v) is 24.5. The van der Waals surface area contributed by atoms with E-state index in [4.69, 9.17) is 4.74 Å². The third-order valence-corrected chi connectivity index (χ3v) is 8.71. The van der Waals surface area contributed by atoms with E-state index in [0.29, 0.717) is 17.6 Å². The van der Waals surface area contributed by atoms with Crippen molar-refractivity contribution in [3.05, 3.63) is 18.0 Å². The molecule has 3 aliphatic rings. The molecule has 0 unspecified atom stereocenters. The average molecular weight is 530 g/mol. The fraction of sp³-hybridized carbons (Fsp3) is 0.828. The number of hydrogen-bond donors (Lipinski definition) is 2. The van der Waals surface area contributed by atoms with Gasteiger partial charge in [0.05, 0.1) is 11.7 Å². The van der Waals surface area contributed by atoms with E-state index in [1.807, 2.05) is 7.05 Å². The Labute approximate surface area is 230 Å². The number of carbonyl (C=O) groups is 1. The number of nitrogens with zero attached hydrogens (tertiary/aromatic N) is 5. The summed E-state index contributed by atoms with van der Waals surface area (Å²) < 4.78 is 6.22. The Morgan fingerprint density at radius 3 is 2.08 bits per heavy atom. The van der Waals surface area contributed by atoms with Crippen LogP contribution in [0.4, 0.5) is 5.95 Å². The van der Waals surface area contributed by atoms with Crippen molar-refractivity contribution in [1.82, 2.24) is 30.4 Å². The minimum atomic E-state index is -0.0825. The van der Waals surface area contributed by atoms with Crippen LogP contribution in [0.1, 0.15) is 70.2 Å². The molecule has 3 fully saturated rings. The number of amides is 1. The molecule has 3 heterocycles. The Bertz CT molecular complexity index is 861. The van der Waals surface area contributed by atoms with Crippen LogP contribution in [0.2, 0.25) is 0 Å². The third kappa shape index (κ3) is 7.64. The van der Waals surface area contributed by atoms with Crippen molar-refractivity contribution in [2.24, 2.45) is 10.8 Å². The lowest BCUT2D eigenvalue weighted by atomic mass is 9.52. The smallest absolute Gasteiger partial charge is 0.254 e. The maximum absolute atomic E-state index is 12.8. The minimum absolute atomic E-state index is 0.0825. The highest BCUT2D eigenvalue weighted by molar-refractivity contribution is 5.94. The minimum Gasteiger partial charge on any atom is -0.378 e. The fourth-order valence-electron chi connectivity index (χ4n) is 6.99. The van der Waals surface area contributed by atoms with Crippen LogP contribution >= 0.6 is 0 Å². The molecule has 1 aliphatic carbocycles. The summed E-state index contributed by atoms with van der Waals surface area (Å²) in [6.45, 7) is 19.6. The van der Waals surface area contributed by atoms with Gasteiger partial charge >= 0.3 is 0 Å². The van der Waals surface area contributed by atoms with Crippen molar-refractivity contribution < 1.29 is 9.53 Å². The van der Waals surface area contributed by atoms with Gasteiger partial charge in [-0.3, -0.25) is 4.79 Å². The molecule has 0 atom stereocenters. The second kappa shape index (κ2) is 13.0. The number of rotatable bonds is 12. The molecule has 2 N–H and O–H groups in total. The molecule has 0 radical (unpaired) electrons. The average Bonchev–Trinajstić information content (AvgIpc) is 2.90. The normalized spacial score (nSPS) is 22.8. The van der Waals surface area contributed by atoms with Gasteiger partial charge in [-0.05, 0) is 63.1 Å². The molecule has 9 nitrogen and oxygen atoms in total. The van der Waals surface area contributed by atoms with Gasteiger partial charge in [-0.25, -0.2) is 9.97 Å². The Hall–Kier alpha value is -1.81. The lowest BCUT2D eigenvalue weighted by molar-refractivity contribution is -0.0366. The van der Waals surface area contributed by atoms with Crippen LogP contribution < -0.4 is 15.5 Å². The van der Waals surface area contributed by atoms with Crippen molar-refractivity contribution in [1.29, 1.82) is 0 Å². The van der Waals surface area contributed by atoms with E-state index in [1.165, 1.54) is 39.1 Å². The van der Waals surface area contributed by atoms with E-state index in [2.05, 4.69) is 63.0 Å². The summed E-state index contributed by atoms with van der Waals surface area (Å²) in [5.41, 5.74) is 0.766. The van der Waals surface area contributed by atoms with Crippen LogP contribution in [0.3, 0.4) is 0 Å². The maximum atomic E-state index is 12.8. The van der Waals surface area contributed by atoms with Crippen molar-refractivity contribution in [2.75, 3.05) is 77.5 Å². The second-order valence-corrected chi connectivity index (χ2v) is 12.9. The molecule has 1 aromatic heterocycles. The number of anilines is 1. The summed E-state index contributed by atoms with van der Waals surface area (Å²) >= 11 is 0. The summed E-state index contributed by atoms with van der Waals surface area (Å²) in [5.74, 6) is 0.621. The van der Waals surface area contributed by atoms with Crippen LogP contribution in [-0.2, 0) is 4.74 Å². The van der Waals surface area contributed by atoms with Gasteiger partial charge in [-0.1, -0.05) is 27.7 Å². The molecule has 214 valence electrons. The van der Waals surface area contributed by atoms with Gasteiger partial charge in [0.2, 0.25) is 5.95 Å². The summed E-state index contributed by atoms with van der Waals surface area (Å²) in [6, 6.07) is 0.157. The van der Waals surface area contributed by atoms with Gasteiger partial charge in [-0.15, -0.1) is 0 Å². The van der Waals surface area contributed by atoms with Crippen molar-refractivity contribution >= 4 is 11.9 Å². The lowest BCUT2D eigenvalue weighted by Gasteiger charge is -2.57. The molecule has 4 rings (SSSR count). The Kier molecular flexibility index (Phi) is 10.0. The van der Waals surface area contributed by atoms with Gasteiger partial charge in [0, 0.05) is 70.9 Å². The summed E-state index contributed by atoms with van der Waals surface area (Å²) in [6.07, 6.45) is 9.06. The fourth-order valence-corrected chi connectivity index (χ4v) is 6.99. The van der Waals surface area contributed by atoms with Crippen LogP contribution in [0.5, 0.6) is 0 Å². The van der Waals surface area contributed by atoms with Gasteiger partial charge in [0.15, 0.2) is 0 Å². The van der Waals surface area contributed by atoms with Crippen molar-refractivity contribution in [2.45, 2.75) is 71.9 Å². The Balaban J connectivity index is 1.10.